The van der Waals surface area contributed by atoms with Gasteiger partial charge in [-0.2, -0.15) is 23.5 Å². The summed E-state index contributed by atoms with van der Waals surface area (Å²) in [5.74, 6) is 5.46. The normalized spacial score (nSPS) is 26.5. The lowest BCUT2D eigenvalue weighted by atomic mass is 10.0. The van der Waals surface area contributed by atoms with Crippen molar-refractivity contribution in [3.63, 3.8) is 0 Å². The molecule has 0 aliphatic carbocycles. The first kappa shape index (κ1) is 15.5. The van der Waals surface area contributed by atoms with Gasteiger partial charge in [0.2, 0.25) is 5.91 Å². The molecular formula is C14H26N2OS2. The van der Waals surface area contributed by atoms with Crippen molar-refractivity contribution in [3.8, 4) is 0 Å². The molecule has 0 bridgehead atoms. The zero-order chi connectivity index (χ0) is 13.7. The smallest absolute Gasteiger partial charge is 0.225 e. The summed E-state index contributed by atoms with van der Waals surface area (Å²) in [6.45, 7) is 5.85. The third-order valence-corrected chi connectivity index (χ3v) is 6.23. The Balaban J connectivity index is 1.81. The molecule has 0 aromatic rings. The maximum absolute atomic E-state index is 12.1. The van der Waals surface area contributed by atoms with Crippen LogP contribution in [0.5, 0.6) is 0 Å². The molecule has 2 fully saturated rings. The van der Waals surface area contributed by atoms with E-state index in [1.807, 2.05) is 13.8 Å². The standard InChI is InChI=1S/C14H26N2OS2/c1-11(2)14(17)16-5-3-4-12(8-16)15-13-9-18-6-7-19-10-13/h11-13,15H,3-10H2,1-2H3/t12-/m0/s1. The van der Waals surface area contributed by atoms with Crippen molar-refractivity contribution in [3.05, 3.63) is 0 Å². The van der Waals surface area contributed by atoms with E-state index in [1.54, 1.807) is 0 Å². The number of carbonyl (C=O) groups is 1. The van der Waals surface area contributed by atoms with Gasteiger partial charge in [0.25, 0.3) is 0 Å². The fourth-order valence-electron chi connectivity index (χ4n) is 2.73. The van der Waals surface area contributed by atoms with Gasteiger partial charge in [-0.25, -0.2) is 0 Å². The van der Waals surface area contributed by atoms with Crippen molar-refractivity contribution < 1.29 is 4.79 Å². The van der Waals surface area contributed by atoms with E-state index in [1.165, 1.54) is 29.4 Å². The summed E-state index contributed by atoms with van der Waals surface area (Å²) < 4.78 is 0. The van der Waals surface area contributed by atoms with Crippen LogP contribution in [0.4, 0.5) is 0 Å². The molecule has 2 aliphatic rings. The summed E-state index contributed by atoms with van der Waals surface area (Å²) >= 11 is 4.12. The van der Waals surface area contributed by atoms with Crippen LogP contribution in [0.25, 0.3) is 0 Å². The van der Waals surface area contributed by atoms with Crippen LogP contribution in [0, 0.1) is 5.92 Å². The Labute approximate surface area is 125 Å². The van der Waals surface area contributed by atoms with Crippen molar-refractivity contribution in [1.29, 1.82) is 0 Å². The van der Waals surface area contributed by atoms with E-state index in [4.69, 9.17) is 0 Å². The van der Waals surface area contributed by atoms with E-state index in [2.05, 4.69) is 33.7 Å². The van der Waals surface area contributed by atoms with Crippen LogP contribution in [-0.2, 0) is 4.79 Å². The molecule has 0 aromatic carbocycles. The van der Waals surface area contributed by atoms with Crippen molar-refractivity contribution in [2.24, 2.45) is 5.92 Å². The maximum Gasteiger partial charge on any atom is 0.225 e. The summed E-state index contributed by atoms with van der Waals surface area (Å²) in [5, 5.41) is 3.79. The van der Waals surface area contributed by atoms with Crippen molar-refractivity contribution in [2.75, 3.05) is 36.1 Å². The molecule has 110 valence electrons. The van der Waals surface area contributed by atoms with Crippen molar-refractivity contribution in [2.45, 2.75) is 38.8 Å². The first-order valence-corrected chi connectivity index (χ1v) is 9.68. The van der Waals surface area contributed by atoms with Gasteiger partial charge in [-0.3, -0.25) is 4.79 Å². The number of nitrogens with one attached hydrogen (secondary N) is 1. The molecule has 0 spiro atoms. The third kappa shape index (κ3) is 4.87. The predicted molar refractivity (Wildman–Crippen MR) is 86.0 cm³/mol. The average Bonchev–Trinajstić information content (AvgIpc) is 2.66. The van der Waals surface area contributed by atoms with Crippen molar-refractivity contribution in [1.82, 2.24) is 10.2 Å². The van der Waals surface area contributed by atoms with Crippen LogP contribution < -0.4 is 5.32 Å². The quantitative estimate of drug-likeness (QED) is 0.865. The van der Waals surface area contributed by atoms with Gasteiger partial charge in [0, 0.05) is 54.1 Å². The largest absolute Gasteiger partial charge is 0.341 e. The molecule has 1 N–H and O–H groups in total. The first-order valence-electron chi connectivity index (χ1n) is 7.37. The minimum Gasteiger partial charge on any atom is -0.341 e. The topological polar surface area (TPSA) is 32.3 Å². The third-order valence-electron chi connectivity index (χ3n) is 3.71. The van der Waals surface area contributed by atoms with Crippen LogP contribution >= 0.6 is 23.5 Å². The minimum absolute atomic E-state index is 0.128. The van der Waals surface area contributed by atoms with Gasteiger partial charge in [-0.05, 0) is 12.8 Å². The van der Waals surface area contributed by atoms with E-state index in [9.17, 15) is 4.79 Å². The summed E-state index contributed by atoms with van der Waals surface area (Å²) in [5.41, 5.74) is 0. The zero-order valence-corrected chi connectivity index (χ0v) is 13.7. The van der Waals surface area contributed by atoms with Gasteiger partial charge in [0.1, 0.15) is 0 Å². The number of carbonyl (C=O) groups excluding carboxylic acids is 1. The Morgan fingerprint density at radius 2 is 1.89 bits per heavy atom. The van der Waals surface area contributed by atoms with Gasteiger partial charge in [-0.15, -0.1) is 0 Å². The SMILES string of the molecule is CC(C)C(=O)N1CCC[C@H](NC2CSCCSC2)C1. The van der Waals surface area contributed by atoms with E-state index < -0.39 is 0 Å². The molecule has 0 unspecified atom stereocenters. The Bertz CT molecular complexity index is 291. The molecule has 0 aromatic heterocycles. The minimum atomic E-state index is 0.128. The zero-order valence-electron chi connectivity index (χ0n) is 12.1. The highest BCUT2D eigenvalue weighted by atomic mass is 32.2. The lowest BCUT2D eigenvalue weighted by Gasteiger charge is -2.36. The number of hydrogen-bond acceptors (Lipinski definition) is 4. The molecule has 2 saturated heterocycles. The monoisotopic (exact) mass is 302 g/mol. The molecule has 5 heteroatoms. The van der Waals surface area contributed by atoms with E-state index in [-0.39, 0.29) is 5.92 Å². The summed E-state index contributed by atoms with van der Waals surface area (Å²) in [6.07, 6.45) is 2.36. The number of likely N-dealkylation sites (tertiary alicyclic amines) is 1. The molecule has 0 radical (unpaired) electrons. The molecule has 2 aliphatic heterocycles. The van der Waals surface area contributed by atoms with Crippen LogP contribution in [0.3, 0.4) is 0 Å². The molecule has 19 heavy (non-hydrogen) atoms. The molecule has 1 amide bonds. The van der Waals surface area contributed by atoms with Crippen LogP contribution in [-0.4, -0.2) is 59.0 Å². The number of thioether (sulfide) groups is 2. The molecule has 3 nitrogen and oxygen atoms in total. The lowest BCUT2D eigenvalue weighted by molar-refractivity contribution is -0.135. The van der Waals surface area contributed by atoms with E-state index in [0.717, 1.165) is 19.5 Å². The highest BCUT2D eigenvalue weighted by Crippen LogP contribution is 2.19. The highest BCUT2D eigenvalue weighted by molar-refractivity contribution is 8.03. The van der Waals surface area contributed by atoms with Crippen LogP contribution in [0.15, 0.2) is 0 Å². The molecule has 2 heterocycles. The Hall–Kier alpha value is 0.130. The molecule has 2 rings (SSSR count). The van der Waals surface area contributed by atoms with Crippen LogP contribution in [0.1, 0.15) is 26.7 Å². The second-order valence-electron chi connectivity index (χ2n) is 5.79. The number of hydrogen-bond donors (Lipinski definition) is 1. The second kappa shape index (κ2) is 7.79. The van der Waals surface area contributed by atoms with E-state index >= 15 is 0 Å². The Morgan fingerprint density at radius 3 is 2.53 bits per heavy atom. The fraction of sp³-hybridized carbons (Fsp3) is 0.929. The predicted octanol–water partition coefficient (Wildman–Crippen LogP) is 2.07. The first-order chi connectivity index (χ1) is 9.16. The number of rotatable bonds is 3. The number of piperidine rings is 1. The highest BCUT2D eigenvalue weighted by Gasteiger charge is 2.26. The fourth-order valence-corrected chi connectivity index (χ4v) is 5.15. The molecule has 0 saturated carbocycles. The Morgan fingerprint density at radius 1 is 1.21 bits per heavy atom. The average molecular weight is 303 g/mol. The maximum atomic E-state index is 12.1. The molecular weight excluding hydrogens is 276 g/mol. The van der Waals surface area contributed by atoms with Gasteiger partial charge in [0.05, 0.1) is 0 Å². The summed E-state index contributed by atoms with van der Waals surface area (Å²) in [6, 6.07) is 1.12. The van der Waals surface area contributed by atoms with Gasteiger partial charge in [0.15, 0.2) is 0 Å². The van der Waals surface area contributed by atoms with Crippen molar-refractivity contribution >= 4 is 29.4 Å². The van der Waals surface area contributed by atoms with Crippen LogP contribution in [0.2, 0.25) is 0 Å². The van der Waals surface area contributed by atoms with Gasteiger partial charge >= 0.3 is 0 Å². The van der Waals surface area contributed by atoms with Gasteiger partial charge in [-0.1, -0.05) is 13.8 Å². The summed E-state index contributed by atoms with van der Waals surface area (Å²) in [4.78, 5) is 14.1. The Kier molecular flexibility index (Phi) is 6.36. The second-order valence-corrected chi connectivity index (χ2v) is 8.09. The lowest BCUT2D eigenvalue weighted by Crippen LogP contribution is -2.52. The summed E-state index contributed by atoms with van der Waals surface area (Å²) in [7, 11) is 0. The van der Waals surface area contributed by atoms with Gasteiger partial charge < -0.3 is 10.2 Å². The number of nitrogens with zero attached hydrogens (tertiary/aromatic N) is 1. The van der Waals surface area contributed by atoms with E-state index in [0.29, 0.717) is 18.0 Å². The number of amides is 1. The molecule has 1 atom stereocenters.